The lowest BCUT2D eigenvalue weighted by atomic mass is 10.2. The van der Waals surface area contributed by atoms with Crippen LogP contribution in [-0.2, 0) is 16.1 Å². The monoisotopic (exact) mass is 547 g/mol. The maximum absolute atomic E-state index is 13.1. The summed E-state index contributed by atoms with van der Waals surface area (Å²) in [5.74, 6) is 1.24. The zero-order valence-electron chi connectivity index (χ0n) is 22.3. The molecule has 2 aromatic carbocycles. The van der Waals surface area contributed by atoms with E-state index in [-0.39, 0.29) is 30.3 Å². The molecule has 1 aliphatic rings. The molecular formula is C29H33N5O4S. The van der Waals surface area contributed by atoms with Crippen LogP contribution in [0.5, 0.6) is 11.5 Å². The van der Waals surface area contributed by atoms with Gasteiger partial charge in [-0.25, -0.2) is 0 Å². The first-order chi connectivity index (χ1) is 18.9. The summed E-state index contributed by atoms with van der Waals surface area (Å²) >= 11 is 1.54. The van der Waals surface area contributed by atoms with Gasteiger partial charge in [0, 0.05) is 41.5 Å². The highest BCUT2D eigenvalue weighted by molar-refractivity contribution is 7.10. The average molecular weight is 548 g/mol. The fourth-order valence-corrected chi connectivity index (χ4v) is 5.39. The van der Waals surface area contributed by atoms with Crippen molar-refractivity contribution in [1.82, 2.24) is 20.9 Å². The van der Waals surface area contributed by atoms with Gasteiger partial charge in [-0.2, -0.15) is 0 Å². The van der Waals surface area contributed by atoms with Crippen molar-refractivity contribution in [1.29, 1.82) is 0 Å². The number of benzene rings is 2. The molecule has 9 nitrogen and oxygen atoms in total. The molecule has 0 spiro atoms. The highest BCUT2D eigenvalue weighted by Crippen LogP contribution is 2.25. The fourth-order valence-electron chi connectivity index (χ4n) is 4.58. The summed E-state index contributed by atoms with van der Waals surface area (Å²) in [5.41, 5.74) is 1.38. The van der Waals surface area contributed by atoms with E-state index in [4.69, 9.17) is 4.74 Å². The third kappa shape index (κ3) is 7.02. The van der Waals surface area contributed by atoms with Gasteiger partial charge in [0.1, 0.15) is 23.4 Å². The summed E-state index contributed by atoms with van der Waals surface area (Å²) in [4.78, 5) is 45.5. The molecule has 10 heteroatoms. The van der Waals surface area contributed by atoms with Crippen LogP contribution in [0.25, 0.3) is 0 Å². The number of carbonyl (C=O) groups is 3. The van der Waals surface area contributed by atoms with Crippen LogP contribution in [0.2, 0.25) is 0 Å². The Morgan fingerprint density at radius 3 is 2.41 bits per heavy atom. The highest BCUT2D eigenvalue weighted by atomic mass is 32.1. The number of amidine groups is 1. The number of nitrogens with one attached hydrogen (secondary N) is 3. The van der Waals surface area contributed by atoms with Crippen molar-refractivity contribution in [3.63, 3.8) is 0 Å². The van der Waals surface area contributed by atoms with Gasteiger partial charge in [-0.3, -0.25) is 19.4 Å². The topological polar surface area (TPSA) is 112 Å². The van der Waals surface area contributed by atoms with Crippen LogP contribution in [0, 0.1) is 0 Å². The summed E-state index contributed by atoms with van der Waals surface area (Å²) < 4.78 is 5.76. The van der Waals surface area contributed by atoms with Crippen molar-refractivity contribution in [2.24, 2.45) is 4.99 Å². The third-order valence-electron chi connectivity index (χ3n) is 6.58. The molecule has 1 aliphatic heterocycles. The van der Waals surface area contributed by atoms with Crippen molar-refractivity contribution >= 4 is 34.9 Å². The quantitative estimate of drug-likeness (QED) is 0.280. The predicted molar refractivity (Wildman–Crippen MR) is 152 cm³/mol. The van der Waals surface area contributed by atoms with Gasteiger partial charge in [-0.05, 0) is 62.2 Å². The highest BCUT2D eigenvalue weighted by Gasteiger charge is 2.38. The number of amides is 3. The minimum atomic E-state index is -0.566. The van der Waals surface area contributed by atoms with Gasteiger partial charge in [0.2, 0.25) is 11.8 Å². The van der Waals surface area contributed by atoms with Crippen LogP contribution in [0.3, 0.4) is 0 Å². The van der Waals surface area contributed by atoms with Crippen LogP contribution in [0.4, 0.5) is 0 Å². The van der Waals surface area contributed by atoms with E-state index in [1.807, 2.05) is 55.7 Å². The molecule has 0 saturated carbocycles. The maximum Gasteiger partial charge on any atom is 0.251 e. The first-order valence-corrected chi connectivity index (χ1v) is 13.7. The molecule has 3 aromatic rings. The normalized spacial score (nSPS) is 17.0. The number of likely N-dealkylation sites (tertiary alicyclic amines) is 1. The summed E-state index contributed by atoms with van der Waals surface area (Å²) in [6.07, 6.45) is 1.31. The Bertz CT molecular complexity index is 1320. The van der Waals surface area contributed by atoms with Gasteiger partial charge in [0.05, 0.1) is 13.1 Å². The number of hydrogen-bond donors (Lipinski definition) is 3. The lowest BCUT2D eigenvalue weighted by molar-refractivity contribution is -0.139. The third-order valence-corrected chi connectivity index (χ3v) is 7.52. The van der Waals surface area contributed by atoms with E-state index in [2.05, 4.69) is 20.9 Å². The molecule has 1 fully saturated rings. The molecule has 1 aromatic heterocycles. The van der Waals surface area contributed by atoms with E-state index >= 15 is 0 Å². The second-order valence-corrected chi connectivity index (χ2v) is 10.2. The zero-order chi connectivity index (χ0) is 27.8. The molecule has 39 heavy (non-hydrogen) atoms. The molecule has 1 saturated heterocycles. The van der Waals surface area contributed by atoms with Gasteiger partial charge in [-0.1, -0.05) is 18.2 Å². The number of nitrogens with zero attached hydrogens (tertiary/aromatic N) is 2. The van der Waals surface area contributed by atoms with Gasteiger partial charge in [0.15, 0.2) is 0 Å². The Kier molecular flexibility index (Phi) is 9.32. The number of rotatable bonds is 9. The molecule has 3 amide bonds. The average Bonchev–Trinajstić information content (AvgIpc) is 3.59. The van der Waals surface area contributed by atoms with E-state index in [1.54, 1.807) is 36.2 Å². The van der Waals surface area contributed by atoms with Crippen LogP contribution in [-0.4, -0.2) is 61.2 Å². The van der Waals surface area contributed by atoms with Crippen LogP contribution >= 0.6 is 11.3 Å². The SMILES string of the molecule is CN=C(NC)c1csc(CNC(=O)C2CCC(C)N2C(=O)CNC(=O)c2ccc(Oc3ccccc3)cc2)c1. The van der Waals surface area contributed by atoms with E-state index in [0.29, 0.717) is 30.0 Å². The number of ether oxygens (including phenoxy) is 1. The second kappa shape index (κ2) is 13.1. The number of carbonyl (C=O) groups excluding carboxylic acids is 3. The second-order valence-electron chi connectivity index (χ2n) is 9.21. The molecule has 4 rings (SSSR count). The molecule has 2 heterocycles. The Morgan fingerprint density at radius 1 is 1.00 bits per heavy atom. The standard InChI is InChI=1S/C29H33N5O4S/c1-19-9-14-25(29(37)32-16-24-15-21(18-39-24)27(30-2)31-3)34(19)26(35)17-33-28(36)20-10-12-23(13-11-20)38-22-7-5-4-6-8-22/h4-8,10-13,15,18-19,25H,9,14,16-17H2,1-3H3,(H,30,31)(H,32,37)(H,33,36). The Hall–Kier alpha value is -4.18. The van der Waals surface area contributed by atoms with Gasteiger partial charge < -0.3 is 25.6 Å². The maximum atomic E-state index is 13.1. The molecule has 2 atom stereocenters. The Morgan fingerprint density at radius 2 is 1.72 bits per heavy atom. The summed E-state index contributed by atoms with van der Waals surface area (Å²) in [6.45, 7) is 2.11. The van der Waals surface area contributed by atoms with Crippen LogP contribution in [0.1, 0.15) is 40.6 Å². The molecule has 3 N–H and O–H groups in total. The Balaban J connectivity index is 1.29. The largest absolute Gasteiger partial charge is 0.457 e. The Labute approximate surface area is 232 Å². The number of thiophene rings is 1. The van der Waals surface area contributed by atoms with E-state index in [1.165, 1.54) is 11.3 Å². The molecule has 0 aliphatic carbocycles. The smallest absolute Gasteiger partial charge is 0.251 e. The molecule has 0 radical (unpaired) electrons. The van der Waals surface area contributed by atoms with Crippen LogP contribution < -0.4 is 20.7 Å². The number of hydrogen-bond acceptors (Lipinski definition) is 6. The minimum absolute atomic E-state index is 0.0909. The molecule has 2 unspecified atom stereocenters. The van der Waals surface area contributed by atoms with Crippen molar-refractivity contribution in [2.75, 3.05) is 20.6 Å². The van der Waals surface area contributed by atoms with E-state index in [9.17, 15) is 14.4 Å². The fraction of sp³-hybridized carbons (Fsp3) is 0.310. The van der Waals surface area contributed by atoms with Crippen molar-refractivity contribution in [3.8, 4) is 11.5 Å². The summed E-state index contributed by atoms with van der Waals surface area (Å²) in [7, 11) is 3.53. The van der Waals surface area contributed by atoms with Gasteiger partial charge >= 0.3 is 0 Å². The number of para-hydroxylation sites is 1. The molecule has 0 bridgehead atoms. The van der Waals surface area contributed by atoms with Gasteiger partial charge in [-0.15, -0.1) is 11.3 Å². The minimum Gasteiger partial charge on any atom is -0.457 e. The summed E-state index contributed by atoms with van der Waals surface area (Å²) in [6, 6.07) is 17.4. The first-order valence-electron chi connectivity index (χ1n) is 12.8. The lowest BCUT2D eigenvalue weighted by Crippen LogP contribution is -2.51. The van der Waals surface area contributed by atoms with Crippen molar-refractivity contribution in [2.45, 2.75) is 38.4 Å². The van der Waals surface area contributed by atoms with Crippen LogP contribution in [0.15, 0.2) is 71.0 Å². The predicted octanol–water partition coefficient (Wildman–Crippen LogP) is 3.56. The van der Waals surface area contributed by atoms with E-state index < -0.39 is 6.04 Å². The summed E-state index contributed by atoms with van der Waals surface area (Å²) in [5, 5.41) is 10.7. The lowest BCUT2D eigenvalue weighted by Gasteiger charge is -2.28. The van der Waals surface area contributed by atoms with Crippen molar-refractivity contribution < 1.29 is 19.1 Å². The first kappa shape index (κ1) is 27.8. The molecular weight excluding hydrogens is 514 g/mol. The van der Waals surface area contributed by atoms with E-state index in [0.717, 1.165) is 22.7 Å². The van der Waals surface area contributed by atoms with Gasteiger partial charge in [0.25, 0.3) is 5.91 Å². The zero-order valence-corrected chi connectivity index (χ0v) is 23.1. The number of aliphatic imine (C=N–C) groups is 1. The van der Waals surface area contributed by atoms with Crippen molar-refractivity contribution in [3.05, 3.63) is 82.0 Å². The molecule has 204 valence electrons.